The fraction of sp³-hybridized carbons (Fsp3) is 0.286. The lowest BCUT2D eigenvalue weighted by molar-refractivity contribution is 0.610. The summed E-state index contributed by atoms with van der Waals surface area (Å²) >= 11 is 9.58. The lowest BCUT2D eigenvalue weighted by atomic mass is 10.3. The second kappa shape index (κ2) is 7.19. The standard InChI is InChI=1S/C14H16ClNS2/c1-11(14-6-3-8-18-14)16-7-9-17-13-5-2-4-12(15)10-13/h2-6,8,10-11,16H,7,9H2,1H3. The van der Waals surface area contributed by atoms with Crippen molar-refractivity contribution in [1.29, 1.82) is 0 Å². The van der Waals surface area contributed by atoms with Crippen molar-refractivity contribution in [1.82, 2.24) is 5.32 Å². The van der Waals surface area contributed by atoms with E-state index < -0.39 is 0 Å². The number of halogens is 1. The third-order valence-electron chi connectivity index (χ3n) is 2.59. The summed E-state index contributed by atoms with van der Waals surface area (Å²) in [5.41, 5.74) is 0. The van der Waals surface area contributed by atoms with Gasteiger partial charge in [0.05, 0.1) is 0 Å². The third kappa shape index (κ3) is 4.32. The van der Waals surface area contributed by atoms with E-state index in [2.05, 4.69) is 35.8 Å². The maximum atomic E-state index is 5.95. The number of hydrogen-bond acceptors (Lipinski definition) is 3. The van der Waals surface area contributed by atoms with Gasteiger partial charge in [-0.3, -0.25) is 0 Å². The summed E-state index contributed by atoms with van der Waals surface area (Å²) < 4.78 is 0. The molecule has 0 aliphatic carbocycles. The Morgan fingerprint density at radius 1 is 1.33 bits per heavy atom. The van der Waals surface area contributed by atoms with Crippen LogP contribution in [-0.2, 0) is 0 Å². The van der Waals surface area contributed by atoms with Crippen LogP contribution in [-0.4, -0.2) is 12.3 Å². The molecule has 1 heterocycles. The topological polar surface area (TPSA) is 12.0 Å². The van der Waals surface area contributed by atoms with Gasteiger partial charge in [-0.15, -0.1) is 23.1 Å². The zero-order valence-electron chi connectivity index (χ0n) is 10.2. The molecule has 1 atom stereocenters. The number of rotatable bonds is 6. The van der Waals surface area contributed by atoms with E-state index in [0.717, 1.165) is 17.3 Å². The second-order valence-electron chi connectivity index (χ2n) is 4.00. The number of hydrogen-bond donors (Lipinski definition) is 1. The Hall–Kier alpha value is -0.480. The molecule has 1 aromatic heterocycles. The van der Waals surface area contributed by atoms with Crippen LogP contribution in [0.1, 0.15) is 17.8 Å². The Bertz CT molecular complexity index is 470. The predicted molar refractivity (Wildman–Crippen MR) is 82.9 cm³/mol. The van der Waals surface area contributed by atoms with Crippen LogP contribution in [0.5, 0.6) is 0 Å². The monoisotopic (exact) mass is 297 g/mol. The van der Waals surface area contributed by atoms with Crippen LogP contribution in [0.4, 0.5) is 0 Å². The van der Waals surface area contributed by atoms with E-state index in [-0.39, 0.29) is 0 Å². The van der Waals surface area contributed by atoms with Crippen molar-refractivity contribution < 1.29 is 0 Å². The molecule has 0 amide bonds. The first kappa shape index (κ1) is 13.9. The van der Waals surface area contributed by atoms with Gasteiger partial charge in [0, 0.05) is 33.1 Å². The number of thioether (sulfide) groups is 1. The first-order valence-electron chi connectivity index (χ1n) is 5.91. The summed E-state index contributed by atoms with van der Waals surface area (Å²) in [6, 6.07) is 12.7. The molecule has 0 aliphatic rings. The van der Waals surface area contributed by atoms with Gasteiger partial charge in [0.1, 0.15) is 0 Å². The molecule has 2 aromatic rings. The Labute approximate surface area is 122 Å². The Morgan fingerprint density at radius 3 is 2.94 bits per heavy atom. The Kier molecular flexibility index (Phi) is 5.57. The molecule has 1 unspecified atom stereocenters. The molecule has 0 saturated carbocycles. The predicted octanol–water partition coefficient (Wildman–Crippen LogP) is 4.84. The molecule has 1 N–H and O–H groups in total. The van der Waals surface area contributed by atoms with Gasteiger partial charge in [-0.1, -0.05) is 23.7 Å². The first-order valence-corrected chi connectivity index (χ1v) is 8.15. The summed E-state index contributed by atoms with van der Waals surface area (Å²) in [6.45, 7) is 3.20. The van der Waals surface area contributed by atoms with Crippen molar-refractivity contribution in [3.63, 3.8) is 0 Å². The summed E-state index contributed by atoms with van der Waals surface area (Å²) in [6.07, 6.45) is 0. The summed E-state index contributed by atoms with van der Waals surface area (Å²) in [7, 11) is 0. The summed E-state index contributed by atoms with van der Waals surface area (Å²) in [5, 5.41) is 6.45. The molecule has 0 radical (unpaired) electrons. The molecule has 18 heavy (non-hydrogen) atoms. The fourth-order valence-corrected chi connectivity index (χ4v) is 3.49. The van der Waals surface area contributed by atoms with Crippen molar-refractivity contribution in [2.24, 2.45) is 0 Å². The quantitative estimate of drug-likeness (QED) is 0.604. The van der Waals surface area contributed by atoms with Crippen LogP contribution in [0.2, 0.25) is 5.02 Å². The van der Waals surface area contributed by atoms with E-state index in [9.17, 15) is 0 Å². The number of nitrogens with one attached hydrogen (secondary N) is 1. The smallest absolute Gasteiger partial charge is 0.0417 e. The average Bonchev–Trinajstić information content (AvgIpc) is 2.88. The Balaban J connectivity index is 1.70. The molecule has 4 heteroatoms. The van der Waals surface area contributed by atoms with Gasteiger partial charge in [0.15, 0.2) is 0 Å². The molecule has 2 rings (SSSR count). The van der Waals surface area contributed by atoms with Crippen molar-refractivity contribution in [3.8, 4) is 0 Å². The van der Waals surface area contributed by atoms with Crippen LogP contribution in [0.25, 0.3) is 0 Å². The minimum Gasteiger partial charge on any atom is -0.309 e. The molecule has 1 nitrogen and oxygen atoms in total. The largest absolute Gasteiger partial charge is 0.309 e. The maximum absolute atomic E-state index is 5.95. The summed E-state index contributed by atoms with van der Waals surface area (Å²) in [5.74, 6) is 1.05. The van der Waals surface area contributed by atoms with E-state index in [1.54, 1.807) is 11.3 Å². The van der Waals surface area contributed by atoms with E-state index >= 15 is 0 Å². The summed E-state index contributed by atoms with van der Waals surface area (Å²) in [4.78, 5) is 2.62. The van der Waals surface area contributed by atoms with Gasteiger partial charge in [0.2, 0.25) is 0 Å². The third-order valence-corrected chi connectivity index (χ3v) is 4.87. The van der Waals surface area contributed by atoms with E-state index in [0.29, 0.717) is 6.04 Å². The minimum absolute atomic E-state index is 0.435. The molecule has 1 aromatic carbocycles. The average molecular weight is 298 g/mol. The van der Waals surface area contributed by atoms with Gasteiger partial charge in [-0.25, -0.2) is 0 Å². The number of benzene rings is 1. The highest BCUT2D eigenvalue weighted by Crippen LogP contribution is 2.22. The van der Waals surface area contributed by atoms with E-state index in [4.69, 9.17) is 11.6 Å². The van der Waals surface area contributed by atoms with Crippen molar-refractivity contribution in [2.45, 2.75) is 17.9 Å². The van der Waals surface area contributed by atoms with Crippen molar-refractivity contribution in [2.75, 3.05) is 12.3 Å². The highest BCUT2D eigenvalue weighted by molar-refractivity contribution is 7.99. The van der Waals surface area contributed by atoms with Crippen molar-refractivity contribution in [3.05, 3.63) is 51.7 Å². The highest BCUT2D eigenvalue weighted by Gasteiger charge is 2.04. The maximum Gasteiger partial charge on any atom is 0.0417 e. The molecular weight excluding hydrogens is 282 g/mol. The molecule has 0 aliphatic heterocycles. The van der Waals surface area contributed by atoms with Gasteiger partial charge in [-0.2, -0.15) is 0 Å². The molecular formula is C14H16ClNS2. The van der Waals surface area contributed by atoms with Crippen LogP contribution in [0, 0.1) is 0 Å². The van der Waals surface area contributed by atoms with Gasteiger partial charge < -0.3 is 5.32 Å². The lowest BCUT2D eigenvalue weighted by Gasteiger charge is -2.11. The molecule has 0 fully saturated rings. The fourth-order valence-electron chi connectivity index (χ4n) is 1.64. The van der Waals surface area contributed by atoms with Crippen LogP contribution in [0.15, 0.2) is 46.7 Å². The van der Waals surface area contributed by atoms with Gasteiger partial charge in [-0.05, 0) is 36.6 Å². The molecule has 0 saturated heterocycles. The lowest BCUT2D eigenvalue weighted by Crippen LogP contribution is -2.20. The Morgan fingerprint density at radius 2 is 2.22 bits per heavy atom. The van der Waals surface area contributed by atoms with Crippen molar-refractivity contribution >= 4 is 34.7 Å². The molecule has 0 spiro atoms. The highest BCUT2D eigenvalue weighted by atomic mass is 35.5. The SMILES string of the molecule is CC(NCCSc1cccc(Cl)c1)c1cccs1. The molecule has 0 bridgehead atoms. The van der Waals surface area contributed by atoms with E-state index in [1.807, 2.05) is 30.0 Å². The minimum atomic E-state index is 0.435. The zero-order valence-corrected chi connectivity index (χ0v) is 12.6. The van der Waals surface area contributed by atoms with Gasteiger partial charge >= 0.3 is 0 Å². The zero-order chi connectivity index (χ0) is 12.8. The normalized spacial score (nSPS) is 12.6. The number of thiophene rings is 1. The van der Waals surface area contributed by atoms with Crippen LogP contribution >= 0.6 is 34.7 Å². The van der Waals surface area contributed by atoms with E-state index in [1.165, 1.54) is 9.77 Å². The van der Waals surface area contributed by atoms with Gasteiger partial charge in [0.25, 0.3) is 0 Å². The van der Waals surface area contributed by atoms with Crippen LogP contribution < -0.4 is 5.32 Å². The first-order chi connectivity index (χ1) is 8.75. The molecule has 96 valence electrons. The van der Waals surface area contributed by atoms with Crippen LogP contribution in [0.3, 0.4) is 0 Å². The second-order valence-corrected chi connectivity index (χ2v) is 6.58.